The fraction of sp³-hybridized carbons (Fsp3) is 0.545. The smallest absolute Gasteiger partial charge is 0.141 e. The molecule has 3 heterocycles. The number of pyridine rings is 1. The van der Waals surface area contributed by atoms with Crippen LogP contribution < -0.4 is 5.32 Å². The molecule has 2 aliphatic heterocycles. The van der Waals surface area contributed by atoms with E-state index >= 15 is 0 Å². The largest absolute Gasteiger partial charge is 0.311 e. The SMILES string of the molecule is Cl.Cl.Fc1cncc([C@H]2C[C@@H]3CC[C@H]2N3)c1. The van der Waals surface area contributed by atoms with Crippen LogP contribution in [0, 0.1) is 5.82 Å². The minimum absolute atomic E-state index is 0. The molecule has 90 valence electrons. The lowest BCUT2D eigenvalue weighted by Gasteiger charge is -2.19. The van der Waals surface area contributed by atoms with Gasteiger partial charge in [0, 0.05) is 24.2 Å². The first-order valence-corrected chi connectivity index (χ1v) is 5.19. The Morgan fingerprint density at radius 2 is 2.06 bits per heavy atom. The molecule has 0 unspecified atom stereocenters. The molecule has 16 heavy (non-hydrogen) atoms. The first kappa shape index (κ1) is 13.7. The van der Waals surface area contributed by atoms with E-state index in [0.717, 1.165) is 12.0 Å². The summed E-state index contributed by atoms with van der Waals surface area (Å²) in [6.45, 7) is 0. The summed E-state index contributed by atoms with van der Waals surface area (Å²) in [5.41, 5.74) is 1.06. The fourth-order valence-corrected chi connectivity index (χ4v) is 2.82. The average Bonchev–Trinajstić information content (AvgIpc) is 2.78. The van der Waals surface area contributed by atoms with Crippen molar-refractivity contribution >= 4 is 24.8 Å². The highest BCUT2D eigenvalue weighted by Crippen LogP contribution is 2.39. The number of fused-ring (bicyclic) bond motifs is 2. The van der Waals surface area contributed by atoms with Gasteiger partial charge in [-0.25, -0.2) is 4.39 Å². The van der Waals surface area contributed by atoms with Gasteiger partial charge in [0.25, 0.3) is 0 Å². The van der Waals surface area contributed by atoms with Crippen molar-refractivity contribution in [2.24, 2.45) is 0 Å². The van der Waals surface area contributed by atoms with Gasteiger partial charge in [-0.1, -0.05) is 0 Å². The van der Waals surface area contributed by atoms with Gasteiger partial charge in [0.05, 0.1) is 6.20 Å². The summed E-state index contributed by atoms with van der Waals surface area (Å²) in [5, 5.41) is 3.55. The molecule has 2 bridgehead atoms. The maximum absolute atomic E-state index is 13.0. The van der Waals surface area contributed by atoms with Gasteiger partial charge in [0.1, 0.15) is 5.82 Å². The van der Waals surface area contributed by atoms with Crippen molar-refractivity contribution in [3.63, 3.8) is 0 Å². The van der Waals surface area contributed by atoms with Crippen LogP contribution in [0.15, 0.2) is 18.5 Å². The Morgan fingerprint density at radius 3 is 2.62 bits per heavy atom. The fourth-order valence-electron chi connectivity index (χ4n) is 2.82. The molecule has 0 aromatic carbocycles. The van der Waals surface area contributed by atoms with Gasteiger partial charge in [-0.2, -0.15) is 0 Å². The molecule has 1 aromatic rings. The molecule has 1 N–H and O–H groups in total. The van der Waals surface area contributed by atoms with Gasteiger partial charge in [-0.05, 0) is 30.9 Å². The summed E-state index contributed by atoms with van der Waals surface area (Å²) in [6.07, 6.45) is 6.73. The molecule has 3 rings (SSSR count). The van der Waals surface area contributed by atoms with Crippen molar-refractivity contribution in [3.8, 4) is 0 Å². The molecular formula is C11H15Cl2FN2. The van der Waals surface area contributed by atoms with Gasteiger partial charge < -0.3 is 5.32 Å². The maximum Gasteiger partial charge on any atom is 0.141 e. The number of hydrogen-bond acceptors (Lipinski definition) is 2. The predicted molar refractivity (Wildman–Crippen MR) is 66.0 cm³/mol. The summed E-state index contributed by atoms with van der Waals surface area (Å²) in [6, 6.07) is 2.84. The van der Waals surface area contributed by atoms with E-state index in [1.807, 2.05) is 0 Å². The summed E-state index contributed by atoms with van der Waals surface area (Å²) in [7, 11) is 0. The summed E-state index contributed by atoms with van der Waals surface area (Å²) in [5.74, 6) is 0.266. The van der Waals surface area contributed by atoms with Crippen LogP contribution in [0.3, 0.4) is 0 Å². The van der Waals surface area contributed by atoms with Crippen molar-refractivity contribution in [2.75, 3.05) is 0 Å². The minimum atomic E-state index is -0.217. The van der Waals surface area contributed by atoms with E-state index < -0.39 is 0 Å². The van der Waals surface area contributed by atoms with Crippen LogP contribution in [0.4, 0.5) is 4.39 Å². The van der Waals surface area contributed by atoms with Gasteiger partial charge in [-0.15, -0.1) is 24.8 Å². The Balaban J connectivity index is 0.000000640. The molecular weight excluding hydrogens is 250 g/mol. The standard InChI is InChI=1S/C11H13FN2.2ClH/c12-8-3-7(5-13-6-8)10-4-9-1-2-11(10)14-9;;/h3,5-6,9-11,14H,1-2,4H2;2*1H/t9-,10+,11+;;/m0../s1. The van der Waals surface area contributed by atoms with E-state index in [1.165, 1.54) is 19.0 Å². The van der Waals surface area contributed by atoms with E-state index in [9.17, 15) is 4.39 Å². The lowest BCUT2D eigenvalue weighted by Crippen LogP contribution is -2.21. The van der Waals surface area contributed by atoms with E-state index in [4.69, 9.17) is 0 Å². The third-order valence-corrected chi connectivity index (χ3v) is 3.45. The second-order valence-electron chi connectivity index (χ2n) is 4.33. The van der Waals surface area contributed by atoms with Gasteiger partial charge in [0.15, 0.2) is 0 Å². The number of rotatable bonds is 1. The van der Waals surface area contributed by atoms with Gasteiger partial charge >= 0.3 is 0 Å². The van der Waals surface area contributed by atoms with E-state index in [0.29, 0.717) is 18.0 Å². The minimum Gasteiger partial charge on any atom is -0.311 e. The zero-order valence-corrected chi connectivity index (χ0v) is 10.4. The molecule has 2 fully saturated rings. The van der Waals surface area contributed by atoms with Crippen LogP contribution in [0.2, 0.25) is 0 Å². The molecule has 3 atom stereocenters. The second-order valence-corrected chi connectivity index (χ2v) is 4.33. The quantitative estimate of drug-likeness (QED) is 0.844. The summed E-state index contributed by atoms with van der Waals surface area (Å²) >= 11 is 0. The van der Waals surface area contributed by atoms with Crippen LogP contribution in [-0.2, 0) is 0 Å². The second kappa shape index (κ2) is 5.30. The summed E-state index contributed by atoms with van der Waals surface area (Å²) in [4.78, 5) is 3.91. The topological polar surface area (TPSA) is 24.9 Å². The highest BCUT2D eigenvalue weighted by molar-refractivity contribution is 5.85. The third-order valence-electron chi connectivity index (χ3n) is 3.45. The Morgan fingerprint density at radius 1 is 1.25 bits per heavy atom. The maximum atomic E-state index is 13.0. The molecule has 0 amide bonds. The molecule has 0 saturated carbocycles. The van der Waals surface area contributed by atoms with Crippen molar-refractivity contribution < 1.29 is 4.39 Å². The lowest BCUT2D eigenvalue weighted by atomic mass is 9.85. The Labute approximate surface area is 107 Å². The number of halogens is 3. The Hall–Kier alpha value is -0.380. The van der Waals surface area contributed by atoms with E-state index in [-0.39, 0.29) is 30.6 Å². The van der Waals surface area contributed by atoms with Crippen molar-refractivity contribution in [2.45, 2.75) is 37.3 Å². The molecule has 0 aliphatic carbocycles. The van der Waals surface area contributed by atoms with E-state index in [1.54, 1.807) is 12.3 Å². The molecule has 5 heteroatoms. The molecule has 0 spiro atoms. The van der Waals surface area contributed by atoms with Crippen molar-refractivity contribution in [3.05, 3.63) is 29.8 Å². The normalized spacial score (nSPS) is 30.7. The Kier molecular flexibility index (Phi) is 4.53. The first-order valence-electron chi connectivity index (χ1n) is 5.19. The Bertz CT molecular complexity index is 362. The van der Waals surface area contributed by atoms with Crippen LogP contribution in [0.1, 0.15) is 30.7 Å². The number of hydrogen-bond donors (Lipinski definition) is 1. The van der Waals surface area contributed by atoms with Gasteiger partial charge in [-0.3, -0.25) is 4.98 Å². The van der Waals surface area contributed by atoms with Crippen molar-refractivity contribution in [1.82, 2.24) is 10.3 Å². The first-order chi connectivity index (χ1) is 6.83. The lowest BCUT2D eigenvalue weighted by molar-refractivity contribution is 0.501. The van der Waals surface area contributed by atoms with Crippen LogP contribution in [-0.4, -0.2) is 17.1 Å². The molecule has 2 aliphatic rings. The zero-order valence-electron chi connectivity index (χ0n) is 8.73. The number of nitrogens with zero attached hydrogens (tertiary/aromatic N) is 1. The van der Waals surface area contributed by atoms with Crippen LogP contribution in [0.25, 0.3) is 0 Å². The monoisotopic (exact) mass is 264 g/mol. The third kappa shape index (κ3) is 2.31. The zero-order chi connectivity index (χ0) is 9.54. The molecule has 0 radical (unpaired) electrons. The van der Waals surface area contributed by atoms with E-state index in [2.05, 4.69) is 10.3 Å². The van der Waals surface area contributed by atoms with Crippen LogP contribution in [0.5, 0.6) is 0 Å². The number of nitrogens with one attached hydrogen (secondary N) is 1. The highest BCUT2D eigenvalue weighted by atomic mass is 35.5. The average molecular weight is 265 g/mol. The van der Waals surface area contributed by atoms with Crippen molar-refractivity contribution in [1.29, 1.82) is 0 Å². The predicted octanol–water partition coefficient (Wildman–Crippen LogP) is 2.67. The summed E-state index contributed by atoms with van der Waals surface area (Å²) < 4.78 is 13.0. The molecule has 2 nitrogen and oxygen atoms in total. The molecule has 2 saturated heterocycles. The highest BCUT2D eigenvalue weighted by Gasteiger charge is 2.39. The van der Waals surface area contributed by atoms with Crippen LogP contribution >= 0.6 is 24.8 Å². The molecule has 1 aromatic heterocycles. The number of aromatic nitrogens is 1. The van der Waals surface area contributed by atoms with Gasteiger partial charge in [0.2, 0.25) is 0 Å².